The molecule has 0 aliphatic rings. The van der Waals surface area contributed by atoms with Gasteiger partial charge in [0.05, 0.1) is 0 Å². The maximum atomic E-state index is 12.3. The molecular weight excluding hydrogens is 374 g/mol. The van der Waals surface area contributed by atoms with E-state index in [2.05, 4.69) is 20.3 Å². The van der Waals surface area contributed by atoms with Crippen LogP contribution >= 0.6 is 11.8 Å². The third kappa shape index (κ3) is 5.43. The van der Waals surface area contributed by atoms with Gasteiger partial charge >= 0.3 is 5.97 Å². The van der Waals surface area contributed by atoms with Crippen molar-refractivity contribution in [2.75, 3.05) is 11.1 Å². The Hall–Kier alpha value is -3.13. The molecule has 0 radical (unpaired) electrons. The molecular formula is C20H21N5O2S. The Labute approximate surface area is 167 Å². The van der Waals surface area contributed by atoms with Crippen LogP contribution in [0.4, 0.5) is 17.6 Å². The van der Waals surface area contributed by atoms with Crippen molar-refractivity contribution in [3.63, 3.8) is 0 Å². The molecule has 7 nitrogen and oxygen atoms in total. The molecule has 0 amide bonds. The molecule has 0 aliphatic carbocycles. The van der Waals surface area contributed by atoms with Gasteiger partial charge in [0.2, 0.25) is 11.9 Å². The predicted octanol–water partition coefficient (Wildman–Crippen LogP) is 3.73. The molecule has 0 saturated heterocycles. The van der Waals surface area contributed by atoms with Crippen LogP contribution in [0.15, 0.2) is 59.5 Å². The van der Waals surface area contributed by atoms with Gasteiger partial charge in [-0.2, -0.15) is 15.0 Å². The topological polar surface area (TPSA) is 103 Å². The number of nitrogens with zero attached hydrogens (tertiary/aromatic N) is 3. The largest absolute Gasteiger partial charge is 0.457 e. The van der Waals surface area contributed by atoms with Gasteiger partial charge in [0, 0.05) is 10.6 Å². The Bertz CT molecular complexity index is 952. The SMILES string of the molecule is Cc1ccccc1Nc1nc(N)nc(COC(=O)[C@@H](C)Sc2ccccc2)n1. The number of esters is 1. The van der Waals surface area contributed by atoms with Crippen molar-refractivity contribution in [2.45, 2.75) is 30.6 Å². The molecule has 0 spiro atoms. The van der Waals surface area contributed by atoms with Gasteiger partial charge in [-0.05, 0) is 37.6 Å². The molecule has 3 N–H and O–H groups in total. The molecule has 8 heteroatoms. The van der Waals surface area contributed by atoms with Gasteiger partial charge in [-0.25, -0.2) is 0 Å². The summed E-state index contributed by atoms with van der Waals surface area (Å²) in [7, 11) is 0. The van der Waals surface area contributed by atoms with Gasteiger partial charge in [0.25, 0.3) is 0 Å². The van der Waals surface area contributed by atoms with E-state index in [4.69, 9.17) is 10.5 Å². The standard InChI is InChI=1S/C20H21N5O2S/c1-13-8-6-7-11-16(13)22-20-24-17(23-19(21)25-20)12-27-18(26)14(2)28-15-9-4-3-5-10-15/h3-11,14H,12H2,1-2H3,(H3,21,22,23,24,25)/t14-/m1/s1. The van der Waals surface area contributed by atoms with E-state index in [1.807, 2.05) is 61.5 Å². The van der Waals surface area contributed by atoms with E-state index in [1.54, 1.807) is 6.92 Å². The molecule has 144 valence electrons. The zero-order valence-electron chi connectivity index (χ0n) is 15.6. The number of ether oxygens (including phenoxy) is 1. The van der Waals surface area contributed by atoms with E-state index in [-0.39, 0.29) is 29.6 Å². The van der Waals surface area contributed by atoms with Crippen molar-refractivity contribution < 1.29 is 9.53 Å². The molecule has 28 heavy (non-hydrogen) atoms. The van der Waals surface area contributed by atoms with Crippen LogP contribution in [0.3, 0.4) is 0 Å². The number of aryl methyl sites for hydroxylation is 1. The smallest absolute Gasteiger partial charge is 0.319 e. The number of para-hydroxylation sites is 1. The van der Waals surface area contributed by atoms with E-state index >= 15 is 0 Å². The zero-order chi connectivity index (χ0) is 19.9. The summed E-state index contributed by atoms with van der Waals surface area (Å²) in [4.78, 5) is 25.7. The second-order valence-electron chi connectivity index (χ2n) is 6.05. The van der Waals surface area contributed by atoms with Crippen LogP contribution < -0.4 is 11.1 Å². The van der Waals surface area contributed by atoms with Crippen LogP contribution in [0.1, 0.15) is 18.3 Å². The molecule has 3 rings (SSSR count). The third-order valence-electron chi connectivity index (χ3n) is 3.82. The van der Waals surface area contributed by atoms with Gasteiger partial charge in [-0.15, -0.1) is 11.8 Å². The van der Waals surface area contributed by atoms with Gasteiger partial charge in [0.15, 0.2) is 12.4 Å². The van der Waals surface area contributed by atoms with Crippen molar-refractivity contribution in [1.82, 2.24) is 15.0 Å². The van der Waals surface area contributed by atoms with Crippen LogP contribution in [0.25, 0.3) is 0 Å². The summed E-state index contributed by atoms with van der Waals surface area (Å²) >= 11 is 1.43. The highest BCUT2D eigenvalue weighted by atomic mass is 32.2. The molecule has 0 bridgehead atoms. The number of hydrogen-bond donors (Lipinski definition) is 2. The molecule has 0 fully saturated rings. The number of aromatic nitrogens is 3. The number of nitrogen functional groups attached to an aromatic ring is 1. The fourth-order valence-corrected chi connectivity index (χ4v) is 3.28. The quantitative estimate of drug-likeness (QED) is 0.461. The van der Waals surface area contributed by atoms with E-state index in [9.17, 15) is 4.79 Å². The summed E-state index contributed by atoms with van der Waals surface area (Å²) < 4.78 is 5.35. The average molecular weight is 395 g/mol. The molecule has 1 atom stereocenters. The van der Waals surface area contributed by atoms with Crippen molar-refractivity contribution >= 4 is 35.3 Å². The van der Waals surface area contributed by atoms with Crippen LogP contribution in [0.5, 0.6) is 0 Å². The number of nitrogens with two attached hydrogens (primary N) is 1. The first-order chi connectivity index (χ1) is 13.5. The molecule has 2 aromatic carbocycles. The Morgan fingerprint density at radius 1 is 1.11 bits per heavy atom. The predicted molar refractivity (Wildman–Crippen MR) is 110 cm³/mol. The lowest BCUT2D eigenvalue weighted by Crippen LogP contribution is -2.18. The molecule has 0 unspecified atom stereocenters. The second-order valence-corrected chi connectivity index (χ2v) is 7.47. The van der Waals surface area contributed by atoms with Crippen molar-refractivity contribution in [2.24, 2.45) is 0 Å². The molecule has 0 aliphatic heterocycles. The lowest BCUT2D eigenvalue weighted by molar-refractivity contribution is -0.144. The summed E-state index contributed by atoms with van der Waals surface area (Å²) in [6, 6.07) is 17.4. The highest BCUT2D eigenvalue weighted by Crippen LogP contribution is 2.23. The Kier molecular flexibility index (Phi) is 6.44. The Balaban J connectivity index is 1.62. The summed E-state index contributed by atoms with van der Waals surface area (Å²) in [6.45, 7) is 3.70. The Morgan fingerprint density at radius 2 is 1.82 bits per heavy atom. The molecule has 0 saturated carbocycles. The van der Waals surface area contributed by atoms with E-state index in [1.165, 1.54) is 11.8 Å². The summed E-state index contributed by atoms with van der Waals surface area (Å²) in [6.07, 6.45) is 0. The number of carbonyl (C=O) groups excluding carboxylic acids is 1. The first kappa shape index (κ1) is 19.6. The number of rotatable bonds is 7. The zero-order valence-corrected chi connectivity index (χ0v) is 16.4. The van der Waals surface area contributed by atoms with E-state index in [0.29, 0.717) is 5.95 Å². The maximum Gasteiger partial charge on any atom is 0.319 e. The minimum Gasteiger partial charge on any atom is -0.457 e. The number of anilines is 3. The first-order valence-electron chi connectivity index (χ1n) is 8.72. The second kappa shape index (κ2) is 9.18. The number of carbonyl (C=O) groups is 1. The number of benzene rings is 2. The highest BCUT2D eigenvalue weighted by Gasteiger charge is 2.17. The normalized spacial score (nSPS) is 11.6. The van der Waals surface area contributed by atoms with Gasteiger partial charge in [0.1, 0.15) is 5.25 Å². The fraction of sp³-hybridized carbons (Fsp3) is 0.200. The summed E-state index contributed by atoms with van der Waals surface area (Å²) in [5.41, 5.74) is 7.68. The summed E-state index contributed by atoms with van der Waals surface area (Å²) in [5.74, 6) is 0.304. The van der Waals surface area contributed by atoms with Crippen molar-refractivity contribution in [1.29, 1.82) is 0 Å². The van der Waals surface area contributed by atoms with Crippen LogP contribution in [0.2, 0.25) is 0 Å². The van der Waals surface area contributed by atoms with Crippen LogP contribution in [-0.2, 0) is 16.1 Å². The van der Waals surface area contributed by atoms with Gasteiger partial charge in [-0.1, -0.05) is 36.4 Å². The van der Waals surface area contributed by atoms with E-state index < -0.39 is 0 Å². The van der Waals surface area contributed by atoms with Crippen LogP contribution in [0, 0.1) is 6.92 Å². The fourth-order valence-electron chi connectivity index (χ4n) is 2.40. The van der Waals surface area contributed by atoms with Gasteiger partial charge < -0.3 is 15.8 Å². The minimum atomic E-state index is -0.355. The average Bonchev–Trinajstić information content (AvgIpc) is 2.68. The highest BCUT2D eigenvalue weighted by molar-refractivity contribution is 8.00. The van der Waals surface area contributed by atoms with Crippen LogP contribution in [-0.4, -0.2) is 26.2 Å². The number of thioether (sulfide) groups is 1. The van der Waals surface area contributed by atoms with E-state index in [0.717, 1.165) is 16.1 Å². The lowest BCUT2D eigenvalue weighted by Gasteiger charge is -2.12. The maximum absolute atomic E-state index is 12.3. The van der Waals surface area contributed by atoms with Gasteiger partial charge in [-0.3, -0.25) is 4.79 Å². The van der Waals surface area contributed by atoms with Crippen molar-refractivity contribution in [3.05, 3.63) is 66.0 Å². The van der Waals surface area contributed by atoms with Crippen molar-refractivity contribution in [3.8, 4) is 0 Å². The monoisotopic (exact) mass is 395 g/mol. The molecule has 1 aromatic heterocycles. The molecule has 1 heterocycles. The number of nitrogens with one attached hydrogen (secondary N) is 1. The minimum absolute atomic E-state index is 0.0591. The Morgan fingerprint density at radius 3 is 2.57 bits per heavy atom. The molecule has 3 aromatic rings. The third-order valence-corrected chi connectivity index (χ3v) is 4.91. The first-order valence-corrected chi connectivity index (χ1v) is 9.60. The lowest BCUT2D eigenvalue weighted by atomic mass is 10.2. The number of hydrogen-bond acceptors (Lipinski definition) is 8. The summed E-state index contributed by atoms with van der Waals surface area (Å²) in [5, 5.41) is 2.75.